The normalized spacial score (nSPS) is 11.4. The quantitative estimate of drug-likeness (QED) is 0.212. The highest BCUT2D eigenvalue weighted by atomic mass is 32.1. The Morgan fingerprint density at radius 1 is 1.00 bits per heavy atom. The number of carbonyl (C=O) groups excluding carboxylic acids is 2. The third-order valence-corrected chi connectivity index (χ3v) is 7.21. The molecule has 0 radical (unpaired) electrons. The number of anilines is 1. The number of Topliss-reactive ketones (excluding diaryl/α,β-unsaturated/α-hetero) is 1. The van der Waals surface area contributed by atoms with Crippen LogP contribution in [0.2, 0.25) is 0 Å². The molecule has 40 heavy (non-hydrogen) atoms. The Labute approximate surface area is 232 Å². The summed E-state index contributed by atoms with van der Waals surface area (Å²) in [5, 5.41) is 4.77. The van der Waals surface area contributed by atoms with Gasteiger partial charge < -0.3 is 9.88 Å². The van der Waals surface area contributed by atoms with Crippen LogP contribution in [0.15, 0.2) is 84.9 Å². The molecule has 0 aliphatic carbocycles. The largest absolute Gasteiger partial charge is 0.416 e. The number of alkyl halides is 3. The summed E-state index contributed by atoms with van der Waals surface area (Å²) in [4.78, 5) is 35.5. The molecule has 5 aromatic rings. The molecule has 0 saturated heterocycles. The molecule has 0 atom stereocenters. The number of rotatable bonds is 7. The fourth-order valence-electron chi connectivity index (χ4n) is 4.20. The van der Waals surface area contributed by atoms with Crippen LogP contribution in [0, 0.1) is 13.8 Å². The smallest absolute Gasteiger partial charge is 0.322 e. The second-order valence-corrected chi connectivity index (χ2v) is 10.3. The Morgan fingerprint density at radius 3 is 2.52 bits per heavy atom. The van der Waals surface area contributed by atoms with Gasteiger partial charge in [-0.1, -0.05) is 18.2 Å². The van der Waals surface area contributed by atoms with Crippen molar-refractivity contribution in [2.45, 2.75) is 26.4 Å². The zero-order valence-corrected chi connectivity index (χ0v) is 22.3. The summed E-state index contributed by atoms with van der Waals surface area (Å²) in [5.41, 5.74) is 2.86. The van der Waals surface area contributed by atoms with Gasteiger partial charge in [-0.2, -0.15) is 13.2 Å². The Kier molecular flexibility index (Phi) is 7.36. The summed E-state index contributed by atoms with van der Waals surface area (Å²) < 4.78 is 42.4. The van der Waals surface area contributed by atoms with Crippen LogP contribution in [0.4, 0.5) is 18.9 Å². The first-order valence-corrected chi connectivity index (χ1v) is 13.1. The molecule has 5 rings (SSSR count). The molecule has 0 saturated carbocycles. The lowest BCUT2D eigenvalue weighted by atomic mass is 9.99. The Morgan fingerprint density at radius 2 is 1.82 bits per heavy atom. The van der Waals surface area contributed by atoms with E-state index in [2.05, 4.69) is 15.3 Å². The molecule has 0 fully saturated rings. The molecule has 0 spiro atoms. The fourth-order valence-corrected chi connectivity index (χ4v) is 4.91. The van der Waals surface area contributed by atoms with Crippen molar-refractivity contribution in [2.75, 3.05) is 5.32 Å². The standard InChI is InChI=1S/C30H23F3N4O2S/c1-18-5-6-21(12-26(18)36-29(39)23-11-22(14-34-15-23)28-4-3-7-40-28)27(38)10-20-8-24(30(31,32)33)13-25(9-20)37-16-19(2)35-17-37/h3-9,11-17H,10H2,1-2H3,(H,36,39). The summed E-state index contributed by atoms with van der Waals surface area (Å²) >= 11 is 1.54. The van der Waals surface area contributed by atoms with Gasteiger partial charge in [0.15, 0.2) is 5.78 Å². The van der Waals surface area contributed by atoms with Gasteiger partial charge in [-0.3, -0.25) is 14.6 Å². The molecule has 3 aromatic heterocycles. The van der Waals surface area contributed by atoms with E-state index in [0.717, 1.165) is 28.1 Å². The minimum absolute atomic E-state index is 0.212. The zero-order valence-electron chi connectivity index (χ0n) is 21.5. The van der Waals surface area contributed by atoms with E-state index in [4.69, 9.17) is 0 Å². The first kappa shape index (κ1) is 27.0. The van der Waals surface area contributed by atoms with Crippen LogP contribution >= 0.6 is 11.3 Å². The van der Waals surface area contributed by atoms with Crippen molar-refractivity contribution in [1.82, 2.24) is 14.5 Å². The fraction of sp³-hybridized carbons (Fsp3) is 0.133. The van der Waals surface area contributed by atoms with Crippen molar-refractivity contribution >= 4 is 28.7 Å². The first-order valence-electron chi connectivity index (χ1n) is 12.2. The van der Waals surface area contributed by atoms with E-state index in [-0.39, 0.29) is 29.0 Å². The third kappa shape index (κ3) is 6.02. The summed E-state index contributed by atoms with van der Waals surface area (Å²) in [5.74, 6) is -0.777. The van der Waals surface area contributed by atoms with E-state index in [0.29, 0.717) is 16.9 Å². The van der Waals surface area contributed by atoms with E-state index in [1.807, 2.05) is 17.5 Å². The van der Waals surface area contributed by atoms with Crippen LogP contribution in [-0.2, 0) is 12.6 Å². The van der Waals surface area contributed by atoms with Gasteiger partial charge in [-0.15, -0.1) is 11.3 Å². The molecule has 2 aromatic carbocycles. The second kappa shape index (κ2) is 10.9. The van der Waals surface area contributed by atoms with Crippen molar-refractivity contribution in [1.29, 1.82) is 0 Å². The number of aryl methyl sites for hydroxylation is 2. The molecule has 3 heterocycles. The predicted molar refractivity (Wildman–Crippen MR) is 148 cm³/mol. The monoisotopic (exact) mass is 560 g/mol. The lowest BCUT2D eigenvalue weighted by Crippen LogP contribution is -2.14. The van der Waals surface area contributed by atoms with Crippen molar-refractivity contribution in [2.24, 2.45) is 0 Å². The average molecular weight is 561 g/mol. The number of nitrogens with one attached hydrogen (secondary N) is 1. The number of benzene rings is 2. The average Bonchev–Trinajstić information content (AvgIpc) is 3.62. The number of aromatic nitrogens is 3. The number of amides is 1. The molecule has 6 nitrogen and oxygen atoms in total. The van der Waals surface area contributed by atoms with Gasteiger partial charge in [-0.25, -0.2) is 4.98 Å². The van der Waals surface area contributed by atoms with Crippen molar-refractivity contribution in [3.05, 3.63) is 118 Å². The van der Waals surface area contributed by atoms with Crippen LogP contribution < -0.4 is 5.32 Å². The lowest BCUT2D eigenvalue weighted by molar-refractivity contribution is -0.137. The van der Waals surface area contributed by atoms with Crippen LogP contribution in [0.25, 0.3) is 16.1 Å². The Bertz CT molecular complexity index is 1710. The highest BCUT2D eigenvalue weighted by Gasteiger charge is 2.31. The topological polar surface area (TPSA) is 76.9 Å². The molecule has 202 valence electrons. The molecular formula is C30H23F3N4O2S. The van der Waals surface area contributed by atoms with Crippen molar-refractivity contribution in [3.8, 4) is 16.1 Å². The Hall–Kier alpha value is -4.57. The maximum absolute atomic E-state index is 13.6. The van der Waals surface area contributed by atoms with Crippen LogP contribution in [-0.4, -0.2) is 26.2 Å². The predicted octanol–water partition coefficient (Wildman–Crippen LogP) is 7.31. The van der Waals surface area contributed by atoms with E-state index in [1.54, 1.807) is 56.6 Å². The number of halogens is 3. The molecule has 10 heteroatoms. The van der Waals surface area contributed by atoms with Gasteiger partial charge >= 0.3 is 6.18 Å². The SMILES string of the molecule is Cc1cn(-c2cc(CC(=O)c3ccc(C)c(NC(=O)c4cncc(-c5cccs5)c4)c3)cc(C(F)(F)F)c2)cn1. The number of hydrogen-bond donors (Lipinski definition) is 1. The number of ketones is 1. The third-order valence-electron chi connectivity index (χ3n) is 6.29. The van der Waals surface area contributed by atoms with E-state index >= 15 is 0 Å². The van der Waals surface area contributed by atoms with Gasteiger partial charge in [0, 0.05) is 52.4 Å². The van der Waals surface area contributed by atoms with E-state index < -0.39 is 17.6 Å². The number of nitrogens with zero attached hydrogens (tertiary/aromatic N) is 3. The van der Waals surface area contributed by atoms with Crippen molar-refractivity contribution in [3.63, 3.8) is 0 Å². The number of hydrogen-bond acceptors (Lipinski definition) is 5. The molecule has 0 bridgehead atoms. The molecule has 0 aliphatic rings. The number of thiophene rings is 1. The minimum atomic E-state index is -4.58. The van der Waals surface area contributed by atoms with E-state index in [9.17, 15) is 22.8 Å². The second-order valence-electron chi connectivity index (χ2n) is 9.33. The highest BCUT2D eigenvalue weighted by Crippen LogP contribution is 2.32. The number of imidazole rings is 1. The summed E-state index contributed by atoms with van der Waals surface area (Å²) in [6, 6.07) is 14.0. The van der Waals surface area contributed by atoms with Gasteiger partial charge in [0.1, 0.15) is 0 Å². The van der Waals surface area contributed by atoms with Gasteiger partial charge in [0.25, 0.3) is 5.91 Å². The molecular weight excluding hydrogens is 537 g/mol. The summed E-state index contributed by atoms with van der Waals surface area (Å²) in [6.07, 6.45) is 1.34. The molecule has 0 aliphatic heterocycles. The van der Waals surface area contributed by atoms with Crippen molar-refractivity contribution < 1.29 is 22.8 Å². The maximum atomic E-state index is 13.6. The minimum Gasteiger partial charge on any atom is -0.322 e. The zero-order chi connectivity index (χ0) is 28.4. The highest BCUT2D eigenvalue weighted by molar-refractivity contribution is 7.13. The van der Waals surface area contributed by atoms with Crippen LogP contribution in [0.5, 0.6) is 0 Å². The van der Waals surface area contributed by atoms with E-state index in [1.165, 1.54) is 28.4 Å². The maximum Gasteiger partial charge on any atom is 0.416 e. The van der Waals surface area contributed by atoms with Gasteiger partial charge in [-0.05, 0) is 66.8 Å². The molecule has 1 amide bonds. The number of pyridine rings is 1. The van der Waals surface area contributed by atoms with Gasteiger partial charge in [0.05, 0.1) is 23.1 Å². The lowest BCUT2D eigenvalue weighted by Gasteiger charge is -2.13. The number of carbonyl (C=O) groups is 2. The van der Waals surface area contributed by atoms with Gasteiger partial charge in [0.2, 0.25) is 0 Å². The summed E-state index contributed by atoms with van der Waals surface area (Å²) in [7, 11) is 0. The summed E-state index contributed by atoms with van der Waals surface area (Å²) in [6.45, 7) is 3.52. The molecule has 1 N–H and O–H groups in total. The van der Waals surface area contributed by atoms with Crippen LogP contribution in [0.1, 0.15) is 43.1 Å². The Balaban J connectivity index is 1.38. The first-order chi connectivity index (χ1) is 19.1. The van der Waals surface area contributed by atoms with Crippen LogP contribution in [0.3, 0.4) is 0 Å². The molecule has 0 unspecified atom stereocenters.